The van der Waals surface area contributed by atoms with Crippen LogP contribution in [-0.4, -0.2) is 36.5 Å². The zero-order valence-electron chi connectivity index (χ0n) is 15.5. The summed E-state index contributed by atoms with van der Waals surface area (Å²) in [5.74, 6) is 0. The Morgan fingerprint density at radius 1 is 1.35 bits per heavy atom. The van der Waals surface area contributed by atoms with Gasteiger partial charge in [-0.05, 0) is 57.4 Å². The van der Waals surface area contributed by atoms with E-state index in [-0.39, 0.29) is 12.2 Å². The number of carbonyl (C=O) groups is 2. The van der Waals surface area contributed by atoms with Crippen molar-refractivity contribution in [3.63, 3.8) is 0 Å². The minimum absolute atomic E-state index is 0.0313. The standard InChI is InChI=1S/C18H25N3O5/c1-18(2,3)26-17(23)20-12-14(19-4)11-13(9-10-22)15-7-5-6-8-16(15)21(24)25/h7-11,19H,5-6,12H2,1-4H3,(H,20,23)/b13-9+,14-11-. The van der Waals surface area contributed by atoms with Crippen LogP contribution < -0.4 is 10.6 Å². The van der Waals surface area contributed by atoms with Gasteiger partial charge in [-0.1, -0.05) is 6.08 Å². The van der Waals surface area contributed by atoms with Crippen molar-refractivity contribution < 1.29 is 19.2 Å². The van der Waals surface area contributed by atoms with Gasteiger partial charge in [-0.2, -0.15) is 0 Å². The predicted molar refractivity (Wildman–Crippen MR) is 97.9 cm³/mol. The van der Waals surface area contributed by atoms with Crippen LogP contribution in [0.2, 0.25) is 0 Å². The number of likely N-dealkylation sites (N-methyl/N-ethyl adjacent to an activating group) is 1. The molecular formula is C18H25N3O5. The number of alkyl carbamates (subject to hydrolysis) is 1. The topological polar surface area (TPSA) is 111 Å². The number of allylic oxidation sites excluding steroid dienone is 5. The van der Waals surface area contributed by atoms with E-state index in [9.17, 15) is 19.7 Å². The van der Waals surface area contributed by atoms with Crippen LogP contribution in [0.3, 0.4) is 0 Å². The summed E-state index contributed by atoms with van der Waals surface area (Å²) in [6.45, 7) is 5.39. The first-order chi connectivity index (χ1) is 12.2. The van der Waals surface area contributed by atoms with Crippen LogP contribution in [0.25, 0.3) is 0 Å². The third-order valence-electron chi connectivity index (χ3n) is 3.36. The number of hydrogen-bond donors (Lipinski definition) is 2. The number of amides is 1. The Bertz CT molecular complexity index is 681. The first kappa shape index (κ1) is 21.1. The van der Waals surface area contributed by atoms with Crippen LogP contribution in [0.4, 0.5) is 4.79 Å². The molecule has 2 N–H and O–H groups in total. The van der Waals surface area contributed by atoms with Crippen LogP contribution in [0.1, 0.15) is 33.6 Å². The second-order valence-electron chi connectivity index (χ2n) is 6.57. The number of aldehydes is 1. The molecule has 0 fully saturated rings. The van der Waals surface area contributed by atoms with Crippen molar-refractivity contribution in [1.29, 1.82) is 0 Å². The fraction of sp³-hybridized carbons (Fsp3) is 0.444. The number of nitrogens with one attached hydrogen (secondary N) is 2. The van der Waals surface area contributed by atoms with Crippen molar-refractivity contribution in [3.8, 4) is 0 Å². The lowest BCUT2D eigenvalue weighted by atomic mass is 9.95. The van der Waals surface area contributed by atoms with Gasteiger partial charge in [0.05, 0.1) is 17.0 Å². The van der Waals surface area contributed by atoms with Crippen molar-refractivity contribution in [2.24, 2.45) is 0 Å². The van der Waals surface area contributed by atoms with Gasteiger partial charge in [0.15, 0.2) is 0 Å². The third kappa shape index (κ3) is 6.92. The lowest BCUT2D eigenvalue weighted by Gasteiger charge is -2.20. The summed E-state index contributed by atoms with van der Waals surface area (Å²) in [4.78, 5) is 33.5. The molecule has 0 saturated heterocycles. The van der Waals surface area contributed by atoms with Crippen LogP contribution in [0.15, 0.2) is 46.8 Å². The maximum atomic E-state index is 11.8. The highest BCUT2D eigenvalue weighted by atomic mass is 16.6. The van der Waals surface area contributed by atoms with E-state index in [0.717, 1.165) is 0 Å². The average Bonchev–Trinajstić information content (AvgIpc) is 2.56. The minimum atomic E-state index is -0.617. The average molecular weight is 363 g/mol. The largest absolute Gasteiger partial charge is 0.444 e. The molecule has 0 aliphatic heterocycles. The Morgan fingerprint density at radius 3 is 2.54 bits per heavy atom. The van der Waals surface area contributed by atoms with Crippen LogP contribution >= 0.6 is 0 Å². The molecule has 0 saturated carbocycles. The second-order valence-corrected chi connectivity index (χ2v) is 6.57. The number of carbonyl (C=O) groups excluding carboxylic acids is 2. The summed E-state index contributed by atoms with van der Waals surface area (Å²) in [5, 5.41) is 16.8. The molecule has 0 bridgehead atoms. The fourth-order valence-electron chi connectivity index (χ4n) is 2.27. The monoisotopic (exact) mass is 363 g/mol. The Balaban J connectivity index is 2.98. The van der Waals surface area contributed by atoms with Gasteiger partial charge in [-0.3, -0.25) is 14.9 Å². The third-order valence-corrected chi connectivity index (χ3v) is 3.36. The summed E-state index contributed by atoms with van der Waals surface area (Å²) in [6, 6.07) is 0. The van der Waals surface area contributed by atoms with E-state index in [2.05, 4.69) is 10.6 Å². The number of rotatable bonds is 7. The molecule has 8 heteroatoms. The number of nitrogens with zero attached hydrogens (tertiary/aromatic N) is 1. The number of ether oxygens (including phenoxy) is 1. The Morgan fingerprint density at radius 2 is 2.00 bits per heavy atom. The van der Waals surface area contributed by atoms with E-state index in [1.54, 1.807) is 46.0 Å². The minimum Gasteiger partial charge on any atom is -0.444 e. The summed E-state index contributed by atoms with van der Waals surface area (Å²) in [5.41, 5.74) is 0.708. The van der Waals surface area contributed by atoms with Crippen molar-refractivity contribution >= 4 is 12.4 Å². The zero-order chi connectivity index (χ0) is 19.7. The van der Waals surface area contributed by atoms with Gasteiger partial charge in [0.1, 0.15) is 11.9 Å². The molecular weight excluding hydrogens is 338 g/mol. The lowest BCUT2D eigenvalue weighted by Crippen LogP contribution is -2.35. The smallest absolute Gasteiger partial charge is 0.407 e. The van der Waals surface area contributed by atoms with Gasteiger partial charge >= 0.3 is 6.09 Å². The van der Waals surface area contributed by atoms with Crippen LogP contribution in [-0.2, 0) is 9.53 Å². The van der Waals surface area contributed by atoms with E-state index >= 15 is 0 Å². The summed E-state index contributed by atoms with van der Waals surface area (Å²) < 4.78 is 5.16. The van der Waals surface area contributed by atoms with Crippen molar-refractivity contribution in [2.75, 3.05) is 13.6 Å². The van der Waals surface area contributed by atoms with Crippen molar-refractivity contribution in [1.82, 2.24) is 10.6 Å². The first-order valence-corrected chi connectivity index (χ1v) is 8.24. The molecule has 0 atom stereocenters. The molecule has 0 unspecified atom stereocenters. The SMILES string of the molecule is CN/C(=C\C(=C/C=O)C1=CCCC=C1[N+](=O)[O-])CNC(=O)OC(C)(C)C. The predicted octanol–water partition coefficient (Wildman–Crippen LogP) is 2.62. The first-order valence-electron chi connectivity index (χ1n) is 8.24. The second kappa shape index (κ2) is 9.55. The molecule has 1 amide bonds. The summed E-state index contributed by atoms with van der Waals surface area (Å²) in [7, 11) is 1.65. The maximum absolute atomic E-state index is 11.8. The highest BCUT2D eigenvalue weighted by Gasteiger charge is 2.22. The van der Waals surface area contributed by atoms with Crippen LogP contribution in [0, 0.1) is 10.1 Å². The molecule has 1 aliphatic rings. The molecule has 8 nitrogen and oxygen atoms in total. The molecule has 26 heavy (non-hydrogen) atoms. The van der Waals surface area contributed by atoms with Gasteiger partial charge in [0, 0.05) is 12.7 Å². The van der Waals surface area contributed by atoms with Gasteiger partial charge in [0.25, 0.3) is 5.70 Å². The number of hydrogen-bond acceptors (Lipinski definition) is 6. The Kier molecular flexibility index (Phi) is 7.77. The van der Waals surface area contributed by atoms with Crippen LogP contribution in [0.5, 0.6) is 0 Å². The van der Waals surface area contributed by atoms with Crippen molar-refractivity contribution in [3.05, 3.63) is 57.0 Å². The maximum Gasteiger partial charge on any atom is 0.407 e. The van der Waals surface area contributed by atoms with E-state index in [1.165, 1.54) is 6.08 Å². The molecule has 0 aromatic carbocycles. The van der Waals surface area contributed by atoms with Gasteiger partial charge < -0.3 is 15.4 Å². The van der Waals surface area contributed by atoms with E-state index in [0.29, 0.717) is 36.0 Å². The molecule has 0 spiro atoms. The summed E-state index contributed by atoms with van der Waals surface area (Å²) in [6.07, 6.45) is 7.37. The molecule has 0 heterocycles. The van der Waals surface area contributed by atoms with Gasteiger partial charge in [0.2, 0.25) is 0 Å². The molecule has 1 aliphatic carbocycles. The lowest BCUT2D eigenvalue weighted by molar-refractivity contribution is -0.421. The Hall–Kier alpha value is -2.90. The van der Waals surface area contributed by atoms with Gasteiger partial charge in [-0.15, -0.1) is 0 Å². The highest BCUT2D eigenvalue weighted by molar-refractivity contribution is 5.72. The molecule has 0 aromatic heterocycles. The number of nitro groups is 1. The van der Waals surface area contributed by atoms with E-state index < -0.39 is 16.6 Å². The van der Waals surface area contributed by atoms with E-state index in [1.807, 2.05) is 0 Å². The normalized spacial score (nSPS) is 15.5. The summed E-state index contributed by atoms with van der Waals surface area (Å²) >= 11 is 0. The zero-order valence-corrected chi connectivity index (χ0v) is 15.5. The fourth-order valence-corrected chi connectivity index (χ4v) is 2.27. The van der Waals surface area contributed by atoms with E-state index in [4.69, 9.17) is 4.74 Å². The molecule has 1 rings (SSSR count). The van der Waals surface area contributed by atoms with Gasteiger partial charge in [-0.25, -0.2) is 4.79 Å². The molecule has 142 valence electrons. The quantitative estimate of drug-likeness (QED) is 0.236. The van der Waals surface area contributed by atoms with Crippen molar-refractivity contribution in [2.45, 2.75) is 39.2 Å². The Labute approximate surface area is 152 Å². The molecule has 0 aromatic rings. The highest BCUT2D eigenvalue weighted by Crippen LogP contribution is 2.27. The molecule has 0 radical (unpaired) electrons.